The topological polar surface area (TPSA) is 127 Å². The highest BCUT2D eigenvalue weighted by Crippen LogP contribution is 2.34. The fourth-order valence-electron chi connectivity index (χ4n) is 4.45. The predicted molar refractivity (Wildman–Crippen MR) is 120 cm³/mol. The van der Waals surface area contributed by atoms with Crippen molar-refractivity contribution >= 4 is 29.3 Å². The minimum Gasteiger partial charge on any atom is -0.447 e. The first kappa shape index (κ1) is 22.8. The second kappa shape index (κ2) is 10.0. The summed E-state index contributed by atoms with van der Waals surface area (Å²) in [4.78, 5) is 42.1. The molecule has 10 heteroatoms. The Morgan fingerprint density at radius 3 is 2.67 bits per heavy atom. The van der Waals surface area contributed by atoms with Crippen LogP contribution in [0.2, 0.25) is 0 Å². The highest BCUT2D eigenvalue weighted by atomic mass is 16.6. The van der Waals surface area contributed by atoms with E-state index >= 15 is 0 Å². The van der Waals surface area contributed by atoms with Gasteiger partial charge in [-0.05, 0) is 31.0 Å². The van der Waals surface area contributed by atoms with Crippen LogP contribution in [0.4, 0.5) is 16.2 Å². The number of rotatable bonds is 7. The summed E-state index contributed by atoms with van der Waals surface area (Å²) in [6, 6.07) is 7.06. The Labute approximate surface area is 192 Å². The smallest absolute Gasteiger partial charge is 0.414 e. The average molecular weight is 456 g/mol. The standard InChI is InChI=1S/C23H29N5O5/c1-16(29)26-23(11-4-2-3-5-12-23)21-25-20(33-27-21)10-9-19(30)24-17-7-6-8-18(15-17)28-13-14-32-22(28)31/h6-8,15H,2-5,9-14H2,1H3,(H,24,30)(H,26,29). The first-order chi connectivity index (χ1) is 15.9. The SMILES string of the molecule is CC(=O)NC1(c2noc(CCC(=O)Nc3cccc(N4CCOC4=O)c3)n2)CCCCCC1. The number of aryl methyl sites for hydroxylation is 1. The molecule has 0 unspecified atom stereocenters. The molecule has 1 saturated heterocycles. The lowest BCUT2D eigenvalue weighted by Gasteiger charge is -2.30. The van der Waals surface area contributed by atoms with Crippen LogP contribution in [-0.4, -0.2) is 41.2 Å². The summed E-state index contributed by atoms with van der Waals surface area (Å²) >= 11 is 0. The van der Waals surface area contributed by atoms with Gasteiger partial charge in [0.1, 0.15) is 12.1 Å². The number of nitrogens with zero attached hydrogens (tertiary/aromatic N) is 3. The van der Waals surface area contributed by atoms with Gasteiger partial charge >= 0.3 is 6.09 Å². The molecule has 2 fully saturated rings. The van der Waals surface area contributed by atoms with E-state index in [1.807, 2.05) is 0 Å². The predicted octanol–water partition coefficient (Wildman–Crippen LogP) is 3.28. The zero-order chi connectivity index (χ0) is 23.3. The second-order valence-corrected chi connectivity index (χ2v) is 8.55. The monoisotopic (exact) mass is 455 g/mol. The third-order valence-corrected chi connectivity index (χ3v) is 6.04. The summed E-state index contributed by atoms with van der Waals surface area (Å²) in [5.74, 6) is 0.525. The maximum atomic E-state index is 12.5. The van der Waals surface area contributed by atoms with Gasteiger partial charge in [-0.2, -0.15) is 4.98 Å². The normalized spacial score (nSPS) is 17.8. The molecule has 33 heavy (non-hydrogen) atoms. The molecule has 2 heterocycles. The highest BCUT2D eigenvalue weighted by Gasteiger charge is 2.38. The fourth-order valence-corrected chi connectivity index (χ4v) is 4.45. The molecule has 1 aromatic carbocycles. The van der Waals surface area contributed by atoms with E-state index in [0.29, 0.717) is 36.2 Å². The number of carbonyl (C=O) groups is 3. The van der Waals surface area contributed by atoms with Gasteiger partial charge in [-0.15, -0.1) is 0 Å². The summed E-state index contributed by atoms with van der Waals surface area (Å²) in [6.07, 6.45) is 5.80. The second-order valence-electron chi connectivity index (χ2n) is 8.55. The first-order valence-electron chi connectivity index (χ1n) is 11.4. The highest BCUT2D eigenvalue weighted by molar-refractivity contribution is 5.93. The molecule has 2 N–H and O–H groups in total. The zero-order valence-electron chi connectivity index (χ0n) is 18.8. The Morgan fingerprint density at radius 2 is 1.97 bits per heavy atom. The number of hydrogen-bond donors (Lipinski definition) is 2. The van der Waals surface area contributed by atoms with Gasteiger partial charge in [-0.25, -0.2) is 4.79 Å². The van der Waals surface area contributed by atoms with E-state index in [0.717, 1.165) is 38.5 Å². The minimum atomic E-state index is -0.608. The van der Waals surface area contributed by atoms with Gasteiger partial charge in [-0.3, -0.25) is 14.5 Å². The van der Waals surface area contributed by atoms with Gasteiger partial charge in [0.05, 0.1) is 6.54 Å². The van der Waals surface area contributed by atoms with E-state index in [-0.39, 0.29) is 24.7 Å². The Balaban J connectivity index is 1.36. The largest absolute Gasteiger partial charge is 0.447 e. The molecule has 0 atom stereocenters. The van der Waals surface area contributed by atoms with Crippen LogP contribution in [0, 0.1) is 0 Å². The number of aromatic nitrogens is 2. The van der Waals surface area contributed by atoms with E-state index in [1.165, 1.54) is 11.8 Å². The zero-order valence-corrected chi connectivity index (χ0v) is 18.8. The van der Waals surface area contributed by atoms with E-state index < -0.39 is 11.6 Å². The summed E-state index contributed by atoms with van der Waals surface area (Å²) < 4.78 is 10.4. The van der Waals surface area contributed by atoms with Crippen molar-refractivity contribution in [3.8, 4) is 0 Å². The quantitative estimate of drug-likeness (QED) is 0.614. The third-order valence-electron chi connectivity index (χ3n) is 6.04. The molecule has 0 spiro atoms. The number of carbonyl (C=O) groups excluding carboxylic acids is 3. The molecule has 2 aromatic rings. The van der Waals surface area contributed by atoms with Crippen LogP contribution in [0.5, 0.6) is 0 Å². The molecular formula is C23H29N5O5. The number of nitrogens with one attached hydrogen (secondary N) is 2. The van der Waals surface area contributed by atoms with Crippen LogP contribution in [0.3, 0.4) is 0 Å². The fraction of sp³-hybridized carbons (Fsp3) is 0.522. The van der Waals surface area contributed by atoms with Crippen LogP contribution in [0.25, 0.3) is 0 Å². The number of cyclic esters (lactones) is 1. The summed E-state index contributed by atoms with van der Waals surface area (Å²) in [5, 5.41) is 10.0. The lowest BCUT2D eigenvalue weighted by Crippen LogP contribution is -2.45. The van der Waals surface area contributed by atoms with Crippen molar-refractivity contribution in [2.45, 2.75) is 63.8 Å². The van der Waals surface area contributed by atoms with Crippen LogP contribution in [0.15, 0.2) is 28.8 Å². The molecule has 1 aliphatic carbocycles. The Morgan fingerprint density at radius 1 is 1.18 bits per heavy atom. The summed E-state index contributed by atoms with van der Waals surface area (Å²) in [5.41, 5.74) is 0.652. The molecule has 4 rings (SSSR count). The van der Waals surface area contributed by atoms with Crippen molar-refractivity contribution in [1.29, 1.82) is 0 Å². The Bertz CT molecular complexity index is 1010. The lowest BCUT2D eigenvalue weighted by molar-refractivity contribution is -0.121. The van der Waals surface area contributed by atoms with Crippen molar-refractivity contribution in [2.75, 3.05) is 23.4 Å². The lowest BCUT2D eigenvalue weighted by atomic mass is 9.89. The van der Waals surface area contributed by atoms with Gasteiger partial charge in [-0.1, -0.05) is 36.9 Å². The summed E-state index contributed by atoms with van der Waals surface area (Å²) in [6.45, 7) is 2.33. The molecule has 10 nitrogen and oxygen atoms in total. The number of ether oxygens (including phenoxy) is 1. The number of amides is 3. The van der Waals surface area contributed by atoms with Crippen LogP contribution in [0.1, 0.15) is 63.6 Å². The van der Waals surface area contributed by atoms with E-state index in [9.17, 15) is 14.4 Å². The van der Waals surface area contributed by atoms with Gasteiger partial charge in [0.15, 0.2) is 5.82 Å². The summed E-state index contributed by atoms with van der Waals surface area (Å²) in [7, 11) is 0. The third kappa shape index (κ3) is 5.50. The number of hydrogen-bond acceptors (Lipinski definition) is 7. The molecule has 1 saturated carbocycles. The molecule has 2 aliphatic rings. The number of benzene rings is 1. The molecule has 0 bridgehead atoms. The van der Waals surface area contributed by atoms with Gasteiger partial charge in [0, 0.05) is 31.1 Å². The average Bonchev–Trinajstić information content (AvgIpc) is 3.37. The maximum Gasteiger partial charge on any atom is 0.414 e. The molecule has 176 valence electrons. The maximum absolute atomic E-state index is 12.5. The van der Waals surface area contributed by atoms with Crippen LogP contribution in [-0.2, 0) is 26.3 Å². The van der Waals surface area contributed by atoms with Gasteiger partial charge in [0.2, 0.25) is 17.7 Å². The van der Waals surface area contributed by atoms with Crippen molar-refractivity contribution in [3.05, 3.63) is 36.0 Å². The first-order valence-corrected chi connectivity index (χ1v) is 11.4. The van der Waals surface area contributed by atoms with Gasteiger partial charge in [0.25, 0.3) is 0 Å². The van der Waals surface area contributed by atoms with E-state index in [4.69, 9.17) is 9.26 Å². The van der Waals surface area contributed by atoms with Crippen LogP contribution >= 0.6 is 0 Å². The minimum absolute atomic E-state index is 0.118. The molecule has 1 aromatic heterocycles. The van der Waals surface area contributed by atoms with Crippen LogP contribution < -0.4 is 15.5 Å². The van der Waals surface area contributed by atoms with E-state index in [1.54, 1.807) is 24.3 Å². The number of anilines is 2. The molecular weight excluding hydrogens is 426 g/mol. The van der Waals surface area contributed by atoms with Crippen molar-refractivity contribution in [2.24, 2.45) is 0 Å². The Kier molecular flexibility index (Phi) is 6.90. The van der Waals surface area contributed by atoms with E-state index in [2.05, 4.69) is 20.8 Å². The molecule has 0 radical (unpaired) electrons. The van der Waals surface area contributed by atoms with Crippen molar-refractivity contribution in [3.63, 3.8) is 0 Å². The van der Waals surface area contributed by atoms with Crippen molar-refractivity contribution < 1.29 is 23.6 Å². The Hall–Kier alpha value is -3.43. The molecule has 1 aliphatic heterocycles. The molecule has 3 amide bonds. The van der Waals surface area contributed by atoms with Gasteiger partial charge < -0.3 is 19.9 Å². The van der Waals surface area contributed by atoms with Crippen molar-refractivity contribution in [1.82, 2.24) is 15.5 Å².